The fourth-order valence-electron chi connectivity index (χ4n) is 2.26. The molecule has 0 aliphatic heterocycles. The van der Waals surface area contributed by atoms with E-state index in [4.69, 9.17) is 46.4 Å². The van der Waals surface area contributed by atoms with Crippen LogP contribution < -0.4 is 0 Å². The van der Waals surface area contributed by atoms with Gasteiger partial charge in [0.1, 0.15) is 0 Å². The van der Waals surface area contributed by atoms with E-state index in [-0.39, 0.29) is 0 Å². The number of nitriles is 1. The van der Waals surface area contributed by atoms with Crippen LogP contribution in [-0.4, -0.2) is 4.98 Å². The van der Waals surface area contributed by atoms with Crippen LogP contribution in [0.3, 0.4) is 0 Å². The highest BCUT2D eigenvalue weighted by Crippen LogP contribution is 2.34. The quantitative estimate of drug-likeness (QED) is 0.474. The Morgan fingerprint density at radius 3 is 1.58 bits per heavy atom. The zero-order valence-corrected chi connectivity index (χ0v) is 15.0. The van der Waals surface area contributed by atoms with Gasteiger partial charge >= 0.3 is 0 Å². The summed E-state index contributed by atoms with van der Waals surface area (Å²) in [4.78, 5) is 4.59. The van der Waals surface area contributed by atoms with Gasteiger partial charge in [0, 0.05) is 21.2 Å². The minimum Gasteiger partial charge on any atom is -0.248 e. The lowest BCUT2D eigenvalue weighted by Gasteiger charge is -2.10. The van der Waals surface area contributed by atoms with Gasteiger partial charge in [0.05, 0.1) is 33.1 Å². The van der Waals surface area contributed by atoms with Crippen molar-refractivity contribution in [2.45, 2.75) is 0 Å². The van der Waals surface area contributed by atoms with Crippen LogP contribution in [0.5, 0.6) is 0 Å². The lowest BCUT2D eigenvalue weighted by molar-refractivity contribution is 1.31. The molecule has 0 unspecified atom stereocenters. The molecule has 24 heavy (non-hydrogen) atoms. The third-order valence-electron chi connectivity index (χ3n) is 3.36. The van der Waals surface area contributed by atoms with E-state index in [0.29, 0.717) is 48.2 Å². The normalized spacial score (nSPS) is 10.5. The summed E-state index contributed by atoms with van der Waals surface area (Å²) in [6.45, 7) is 0. The van der Waals surface area contributed by atoms with E-state index < -0.39 is 0 Å². The zero-order chi connectivity index (χ0) is 17.3. The number of nitrogens with zero attached hydrogens (tertiary/aromatic N) is 2. The molecule has 0 saturated carbocycles. The zero-order valence-electron chi connectivity index (χ0n) is 12.0. The summed E-state index contributed by atoms with van der Waals surface area (Å²) in [5, 5.41) is 11.4. The van der Waals surface area contributed by atoms with Crippen LogP contribution in [0.15, 0.2) is 48.5 Å². The third kappa shape index (κ3) is 3.50. The second-order valence-corrected chi connectivity index (χ2v) is 6.67. The maximum Gasteiger partial charge on any atom is 0.0993 e. The van der Waals surface area contributed by atoms with Crippen LogP contribution in [0.1, 0.15) is 5.56 Å². The molecule has 2 nitrogen and oxygen atoms in total. The van der Waals surface area contributed by atoms with E-state index in [9.17, 15) is 5.26 Å². The first kappa shape index (κ1) is 17.1. The molecular formula is C18H8Cl4N2. The molecular weight excluding hydrogens is 386 g/mol. The first-order valence-corrected chi connectivity index (χ1v) is 8.32. The molecule has 0 atom stereocenters. The van der Waals surface area contributed by atoms with Crippen LogP contribution >= 0.6 is 46.4 Å². The third-order valence-corrected chi connectivity index (χ3v) is 4.49. The standard InChI is InChI=1S/C18H8Cl4N2/c19-11-1-3-15(21)13(7-11)17-5-10(9-23)6-18(24-17)14-8-12(20)2-4-16(14)22/h1-8H. The predicted molar refractivity (Wildman–Crippen MR) is 99.9 cm³/mol. The maximum atomic E-state index is 9.33. The van der Waals surface area contributed by atoms with Gasteiger partial charge in [-0.2, -0.15) is 5.26 Å². The van der Waals surface area contributed by atoms with Crippen molar-refractivity contribution in [1.82, 2.24) is 4.98 Å². The van der Waals surface area contributed by atoms with Crippen molar-refractivity contribution in [1.29, 1.82) is 5.26 Å². The molecule has 3 rings (SSSR count). The van der Waals surface area contributed by atoms with E-state index in [1.807, 2.05) is 0 Å². The van der Waals surface area contributed by atoms with Crippen LogP contribution in [-0.2, 0) is 0 Å². The smallest absolute Gasteiger partial charge is 0.0993 e. The number of hydrogen-bond donors (Lipinski definition) is 0. The Balaban J connectivity index is 2.25. The van der Waals surface area contributed by atoms with Gasteiger partial charge in [0.25, 0.3) is 0 Å². The summed E-state index contributed by atoms with van der Waals surface area (Å²) in [5.74, 6) is 0. The molecule has 118 valence electrons. The maximum absolute atomic E-state index is 9.33. The van der Waals surface area contributed by atoms with Gasteiger partial charge in [-0.1, -0.05) is 46.4 Å². The number of hydrogen-bond acceptors (Lipinski definition) is 2. The fraction of sp³-hybridized carbons (Fsp3) is 0. The Morgan fingerprint density at radius 2 is 1.17 bits per heavy atom. The monoisotopic (exact) mass is 392 g/mol. The largest absolute Gasteiger partial charge is 0.248 e. The van der Waals surface area contributed by atoms with Gasteiger partial charge in [-0.3, -0.25) is 0 Å². The molecule has 0 aliphatic carbocycles. The average molecular weight is 394 g/mol. The van der Waals surface area contributed by atoms with E-state index in [1.165, 1.54) is 0 Å². The van der Waals surface area contributed by atoms with E-state index in [2.05, 4.69) is 11.1 Å². The summed E-state index contributed by atoms with van der Waals surface area (Å²) in [7, 11) is 0. The molecule has 6 heteroatoms. The van der Waals surface area contributed by atoms with Gasteiger partial charge in [-0.25, -0.2) is 4.98 Å². The Kier molecular flexibility index (Phi) is 4.99. The Morgan fingerprint density at radius 1 is 0.708 bits per heavy atom. The predicted octanol–water partition coefficient (Wildman–Crippen LogP) is 6.90. The lowest BCUT2D eigenvalue weighted by Crippen LogP contribution is -1.92. The molecule has 0 bridgehead atoms. The molecule has 0 fully saturated rings. The Labute approximate surface area is 159 Å². The Hall–Kier alpha value is -1.76. The minimum absolute atomic E-state index is 0.432. The molecule has 1 heterocycles. The first-order valence-electron chi connectivity index (χ1n) is 6.81. The van der Waals surface area contributed by atoms with E-state index in [0.717, 1.165) is 0 Å². The van der Waals surface area contributed by atoms with Crippen molar-refractivity contribution in [3.63, 3.8) is 0 Å². The molecule has 0 spiro atoms. The summed E-state index contributed by atoms with van der Waals surface area (Å²) < 4.78 is 0. The summed E-state index contributed by atoms with van der Waals surface area (Å²) in [6, 6.07) is 15.6. The first-order chi connectivity index (χ1) is 11.5. The van der Waals surface area contributed by atoms with Gasteiger partial charge in [0.2, 0.25) is 0 Å². The second-order valence-electron chi connectivity index (χ2n) is 4.99. The molecule has 0 N–H and O–H groups in total. The topological polar surface area (TPSA) is 36.7 Å². The van der Waals surface area contributed by atoms with Gasteiger partial charge in [-0.15, -0.1) is 0 Å². The van der Waals surface area contributed by atoms with E-state index in [1.54, 1.807) is 48.5 Å². The fourth-order valence-corrected chi connectivity index (χ4v) is 3.03. The van der Waals surface area contributed by atoms with Crippen molar-refractivity contribution in [3.8, 4) is 28.6 Å². The highest BCUT2D eigenvalue weighted by Gasteiger charge is 2.13. The SMILES string of the molecule is N#Cc1cc(-c2cc(Cl)ccc2Cl)nc(-c2cc(Cl)ccc2Cl)c1. The average Bonchev–Trinajstić information content (AvgIpc) is 2.58. The molecule has 3 aromatic rings. The van der Waals surface area contributed by atoms with Crippen LogP contribution in [0.4, 0.5) is 0 Å². The number of aromatic nitrogens is 1. The second kappa shape index (κ2) is 7.01. The minimum atomic E-state index is 0.432. The lowest BCUT2D eigenvalue weighted by atomic mass is 10.0. The summed E-state index contributed by atoms with van der Waals surface area (Å²) in [6.07, 6.45) is 0. The van der Waals surface area contributed by atoms with Crippen molar-refractivity contribution < 1.29 is 0 Å². The van der Waals surface area contributed by atoms with Crippen molar-refractivity contribution in [3.05, 3.63) is 74.2 Å². The Bertz CT molecular complexity index is 907. The molecule has 0 saturated heterocycles. The van der Waals surface area contributed by atoms with Crippen LogP contribution in [0.2, 0.25) is 20.1 Å². The van der Waals surface area contributed by atoms with Gasteiger partial charge in [-0.05, 0) is 48.5 Å². The molecule has 0 radical (unpaired) electrons. The van der Waals surface area contributed by atoms with Crippen molar-refractivity contribution >= 4 is 46.4 Å². The van der Waals surface area contributed by atoms with Crippen LogP contribution in [0, 0.1) is 11.3 Å². The molecule has 1 aromatic heterocycles. The van der Waals surface area contributed by atoms with Gasteiger partial charge < -0.3 is 0 Å². The number of halogens is 4. The molecule has 2 aromatic carbocycles. The summed E-state index contributed by atoms with van der Waals surface area (Å²) >= 11 is 24.6. The molecule has 0 amide bonds. The van der Waals surface area contributed by atoms with Crippen LogP contribution in [0.25, 0.3) is 22.5 Å². The highest BCUT2D eigenvalue weighted by atomic mass is 35.5. The summed E-state index contributed by atoms with van der Waals surface area (Å²) in [5.41, 5.74) is 2.78. The van der Waals surface area contributed by atoms with Crippen molar-refractivity contribution in [2.24, 2.45) is 0 Å². The number of pyridine rings is 1. The van der Waals surface area contributed by atoms with Crippen molar-refractivity contribution in [2.75, 3.05) is 0 Å². The van der Waals surface area contributed by atoms with E-state index >= 15 is 0 Å². The molecule has 0 aliphatic rings. The highest BCUT2D eigenvalue weighted by molar-refractivity contribution is 6.36. The number of rotatable bonds is 2. The number of benzene rings is 2. The van der Waals surface area contributed by atoms with Gasteiger partial charge in [0.15, 0.2) is 0 Å².